The van der Waals surface area contributed by atoms with Crippen molar-refractivity contribution in [3.8, 4) is 5.75 Å². The van der Waals surface area contributed by atoms with Gasteiger partial charge in [-0.05, 0) is 48.9 Å². The van der Waals surface area contributed by atoms with Crippen LogP contribution in [0, 0.1) is 0 Å². The van der Waals surface area contributed by atoms with E-state index in [0.29, 0.717) is 11.3 Å². The van der Waals surface area contributed by atoms with Gasteiger partial charge in [0.15, 0.2) is 5.78 Å². The van der Waals surface area contributed by atoms with Crippen molar-refractivity contribution in [3.05, 3.63) is 28.8 Å². The predicted molar refractivity (Wildman–Crippen MR) is 58.1 cm³/mol. The van der Waals surface area contributed by atoms with Gasteiger partial charge < -0.3 is 10.8 Å². The molecule has 0 aromatic heterocycles. The van der Waals surface area contributed by atoms with Crippen molar-refractivity contribution in [3.63, 3.8) is 0 Å². The third-order valence-electron chi connectivity index (χ3n) is 3.00. The molecule has 0 amide bonds. The molecule has 0 aliphatic heterocycles. The Kier molecular flexibility index (Phi) is 2.73. The van der Waals surface area contributed by atoms with Crippen LogP contribution in [0.3, 0.4) is 0 Å². The van der Waals surface area contributed by atoms with E-state index in [1.807, 2.05) is 0 Å². The number of rotatable bonds is 2. The van der Waals surface area contributed by atoms with Crippen molar-refractivity contribution in [1.82, 2.24) is 0 Å². The van der Waals surface area contributed by atoms with Gasteiger partial charge in [0.1, 0.15) is 5.75 Å². The summed E-state index contributed by atoms with van der Waals surface area (Å²) in [5.41, 5.74) is 8.02. The molecular weight excluding hydrogens is 190 g/mol. The second-order valence-electron chi connectivity index (χ2n) is 3.92. The Morgan fingerprint density at radius 1 is 1.27 bits per heavy atom. The molecule has 0 unspecified atom stereocenters. The molecule has 0 atom stereocenters. The monoisotopic (exact) mass is 205 g/mol. The van der Waals surface area contributed by atoms with Gasteiger partial charge in [-0.3, -0.25) is 4.79 Å². The zero-order chi connectivity index (χ0) is 10.8. The number of aromatic hydroxyl groups is 1. The van der Waals surface area contributed by atoms with E-state index in [4.69, 9.17) is 5.73 Å². The fourth-order valence-electron chi connectivity index (χ4n) is 2.22. The first kappa shape index (κ1) is 10.2. The van der Waals surface area contributed by atoms with Gasteiger partial charge in [0.25, 0.3) is 0 Å². The Balaban J connectivity index is 2.52. The smallest absolute Gasteiger partial charge is 0.176 e. The molecule has 0 bridgehead atoms. The molecular formula is C12H15NO2. The first-order chi connectivity index (χ1) is 7.24. The maximum atomic E-state index is 11.6. The summed E-state index contributed by atoms with van der Waals surface area (Å²) >= 11 is 0. The standard InChI is InChI=1S/C12H15NO2/c13-7-12(15)10-5-6-11(14)9-4-2-1-3-8(9)10/h5-6,14H,1-4,7,13H2. The molecule has 3 nitrogen and oxygen atoms in total. The molecule has 80 valence electrons. The highest BCUT2D eigenvalue weighted by Gasteiger charge is 2.19. The van der Waals surface area contributed by atoms with Crippen LogP contribution in [0.4, 0.5) is 0 Å². The summed E-state index contributed by atoms with van der Waals surface area (Å²) < 4.78 is 0. The van der Waals surface area contributed by atoms with Crippen LogP contribution in [-0.2, 0) is 12.8 Å². The molecule has 1 aromatic carbocycles. The van der Waals surface area contributed by atoms with Crippen LogP contribution in [0.15, 0.2) is 12.1 Å². The van der Waals surface area contributed by atoms with Crippen molar-refractivity contribution in [1.29, 1.82) is 0 Å². The van der Waals surface area contributed by atoms with Crippen molar-refractivity contribution < 1.29 is 9.90 Å². The van der Waals surface area contributed by atoms with E-state index in [2.05, 4.69) is 0 Å². The number of ketones is 1. The van der Waals surface area contributed by atoms with E-state index in [9.17, 15) is 9.90 Å². The maximum absolute atomic E-state index is 11.6. The fraction of sp³-hybridized carbons (Fsp3) is 0.417. The number of nitrogens with two attached hydrogens (primary N) is 1. The van der Waals surface area contributed by atoms with Crippen LogP contribution in [0.1, 0.15) is 34.3 Å². The molecule has 0 fully saturated rings. The van der Waals surface area contributed by atoms with Gasteiger partial charge in [0.05, 0.1) is 6.54 Å². The lowest BCUT2D eigenvalue weighted by molar-refractivity contribution is 0.1000. The number of phenolic OH excluding ortho intramolecular Hbond substituents is 1. The number of benzene rings is 1. The number of Topliss-reactive ketones (excluding diaryl/α,β-unsaturated/α-hetero) is 1. The molecule has 1 aliphatic rings. The summed E-state index contributed by atoms with van der Waals surface area (Å²) in [5.74, 6) is 0.284. The number of fused-ring (bicyclic) bond motifs is 1. The van der Waals surface area contributed by atoms with Crippen molar-refractivity contribution >= 4 is 5.78 Å². The maximum Gasteiger partial charge on any atom is 0.176 e. The van der Waals surface area contributed by atoms with Gasteiger partial charge in [0, 0.05) is 5.56 Å². The Hall–Kier alpha value is -1.35. The highest BCUT2D eigenvalue weighted by Crippen LogP contribution is 2.31. The van der Waals surface area contributed by atoms with E-state index < -0.39 is 0 Å². The third kappa shape index (κ3) is 1.75. The molecule has 1 aromatic rings. The number of hydrogen-bond donors (Lipinski definition) is 2. The SMILES string of the molecule is NCC(=O)c1ccc(O)c2c1CCCC2. The minimum atomic E-state index is -0.0341. The average molecular weight is 205 g/mol. The zero-order valence-electron chi connectivity index (χ0n) is 8.62. The van der Waals surface area contributed by atoms with Gasteiger partial charge in [-0.25, -0.2) is 0 Å². The van der Waals surface area contributed by atoms with Crippen LogP contribution in [0.2, 0.25) is 0 Å². The largest absolute Gasteiger partial charge is 0.508 e. The van der Waals surface area contributed by atoms with E-state index in [-0.39, 0.29) is 12.3 Å². The summed E-state index contributed by atoms with van der Waals surface area (Å²) in [6, 6.07) is 3.29. The minimum absolute atomic E-state index is 0.0341. The lowest BCUT2D eigenvalue weighted by Crippen LogP contribution is -2.18. The van der Waals surface area contributed by atoms with Crippen LogP contribution in [0.5, 0.6) is 5.75 Å². The Morgan fingerprint density at radius 3 is 2.60 bits per heavy atom. The average Bonchev–Trinajstić information content (AvgIpc) is 2.29. The molecule has 0 heterocycles. The molecule has 0 saturated heterocycles. The Labute approximate surface area is 88.9 Å². The third-order valence-corrected chi connectivity index (χ3v) is 3.00. The van der Waals surface area contributed by atoms with Crippen LogP contribution in [-0.4, -0.2) is 17.4 Å². The zero-order valence-corrected chi connectivity index (χ0v) is 8.62. The van der Waals surface area contributed by atoms with Crippen molar-refractivity contribution in [2.24, 2.45) is 5.73 Å². The van der Waals surface area contributed by atoms with Gasteiger partial charge in [-0.2, -0.15) is 0 Å². The van der Waals surface area contributed by atoms with Gasteiger partial charge >= 0.3 is 0 Å². The minimum Gasteiger partial charge on any atom is -0.508 e. The molecule has 3 heteroatoms. The number of hydrogen-bond acceptors (Lipinski definition) is 3. The summed E-state index contributed by atoms with van der Waals surface area (Å²) in [6.07, 6.45) is 3.92. The van der Waals surface area contributed by atoms with E-state index in [1.54, 1.807) is 12.1 Å². The highest BCUT2D eigenvalue weighted by atomic mass is 16.3. The molecule has 15 heavy (non-hydrogen) atoms. The summed E-state index contributed by atoms with van der Waals surface area (Å²) in [7, 11) is 0. The normalized spacial score (nSPS) is 14.7. The highest BCUT2D eigenvalue weighted by molar-refractivity contribution is 5.99. The van der Waals surface area contributed by atoms with E-state index in [1.165, 1.54) is 0 Å². The lowest BCUT2D eigenvalue weighted by atomic mass is 9.86. The molecule has 0 saturated carbocycles. The second kappa shape index (κ2) is 4.03. The first-order valence-electron chi connectivity index (χ1n) is 5.31. The number of carbonyl (C=O) groups is 1. The second-order valence-corrected chi connectivity index (χ2v) is 3.92. The fourth-order valence-corrected chi connectivity index (χ4v) is 2.22. The van der Waals surface area contributed by atoms with Crippen LogP contribution < -0.4 is 5.73 Å². The Bertz CT molecular complexity index is 399. The lowest BCUT2D eigenvalue weighted by Gasteiger charge is -2.19. The summed E-state index contributed by atoms with van der Waals surface area (Å²) in [4.78, 5) is 11.6. The van der Waals surface area contributed by atoms with Gasteiger partial charge in [-0.1, -0.05) is 0 Å². The Morgan fingerprint density at radius 2 is 1.93 bits per heavy atom. The number of phenols is 1. The predicted octanol–water partition coefficient (Wildman–Crippen LogP) is 1.41. The molecule has 0 spiro atoms. The molecule has 2 rings (SSSR count). The van der Waals surface area contributed by atoms with Gasteiger partial charge in [-0.15, -0.1) is 0 Å². The van der Waals surface area contributed by atoms with E-state index >= 15 is 0 Å². The van der Waals surface area contributed by atoms with E-state index in [0.717, 1.165) is 36.8 Å². The molecule has 1 aliphatic carbocycles. The van der Waals surface area contributed by atoms with Crippen molar-refractivity contribution in [2.45, 2.75) is 25.7 Å². The molecule has 0 radical (unpaired) electrons. The number of carbonyl (C=O) groups excluding carboxylic acids is 1. The summed E-state index contributed by atoms with van der Waals surface area (Å²) in [6.45, 7) is 0.0389. The van der Waals surface area contributed by atoms with Gasteiger partial charge in [0.2, 0.25) is 0 Å². The van der Waals surface area contributed by atoms with Crippen LogP contribution in [0.25, 0.3) is 0 Å². The quantitative estimate of drug-likeness (QED) is 0.717. The topological polar surface area (TPSA) is 63.3 Å². The summed E-state index contributed by atoms with van der Waals surface area (Å²) in [5, 5.41) is 9.69. The van der Waals surface area contributed by atoms with Crippen LogP contribution >= 0.6 is 0 Å². The van der Waals surface area contributed by atoms with Crippen molar-refractivity contribution in [2.75, 3.05) is 6.54 Å². The first-order valence-corrected chi connectivity index (χ1v) is 5.31. The molecule has 3 N–H and O–H groups in total.